The van der Waals surface area contributed by atoms with Gasteiger partial charge in [-0.05, 0) is 158 Å². The molecule has 0 aliphatic heterocycles. The minimum Gasteiger partial charge on any atom is -0.310 e. The van der Waals surface area contributed by atoms with E-state index < -0.39 is 0 Å². The molecule has 0 bridgehead atoms. The van der Waals surface area contributed by atoms with E-state index in [1.54, 1.807) is 0 Å². The molecule has 0 aliphatic rings. The third kappa shape index (κ3) is 7.89. The van der Waals surface area contributed by atoms with E-state index in [0.29, 0.717) is 0 Å². The maximum absolute atomic E-state index is 2.49. The standard InChI is InChI=1S/C74H49N3S/c1-4-18-50(19-5-1)52-32-36-57(37-33-52)75(58-38-34-53(35-39-58)51-20-6-2-7-21-51)61-44-55(69-46-54-22-10-11-25-63(54)64-26-12-13-27-65(64)69)45-62(47-61)76(59-41-43-74-70(48-59)68-29-15-17-31-73(68)78-74)60-40-42-67-66-28-14-16-30-71(66)77(72(67)49-60)56-23-8-3-9-24-56/h1-49H. The number of para-hydroxylation sites is 2. The van der Waals surface area contributed by atoms with Crippen LogP contribution < -0.4 is 9.80 Å². The van der Waals surface area contributed by atoms with E-state index in [-0.39, 0.29) is 0 Å². The average molecular weight is 1010 g/mol. The van der Waals surface area contributed by atoms with Gasteiger partial charge in [0, 0.05) is 70.8 Å². The van der Waals surface area contributed by atoms with Crippen LogP contribution in [0.25, 0.3) is 103 Å². The normalized spacial score (nSPS) is 11.6. The first kappa shape index (κ1) is 45.4. The van der Waals surface area contributed by atoms with Crippen molar-refractivity contribution in [3.05, 3.63) is 297 Å². The zero-order chi connectivity index (χ0) is 51.5. The fourth-order valence-corrected chi connectivity index (χ4v) is 13.0. The zero-order valence-corrected chi connectivity index (χ0v) is 43.4. The van der Waals surface area contributed by atoms with Crippen LogP contribution in [0.15, 0.2) is 297 Å². The van der Waals surface area contributed by atoms with Gasteiger partial charge in [0.25, 0.3) is 0 Å². The Morgan fingerprint density at radius 2 is 0.718 bits per heavy atom. The predicted molar refractivity (Wildman–Crippen MR) is 334 cm³/mol. The molecule has 4 heteroatoms. The summed E-state index contributed by atoms with van der Waals surface area (Å²) < 4.78 is 4.97. The van der Waals surface area contributed by atoms with Crippen molar-refractivity contribution in [2.75, 3.05) is 9.80 Å². The Hall–Kier alpha value is -10.0. The quantitative estimate of drug-likeness (QED) is 0.127. The molecule has 0 unspecified atom stereocenters. The first-order chi connectivity index (χ1) is 38.7. The SMILES string of the molecule is c1ccc(-c2ccc(N(c3ccc(-c4ccccc4)cc3)c3cc(-c4cc5ccccc5c5ccccc45)cc(N(c4ccc5sc6ccccc6c5c4)c4ccc5c6ccccc6n(-c6ccccc6)c5c4)c3)cc2)cc1. The second-order valence-corrected chi connectivity index (χ2v) is 21.2. The van der Waals surface area contributed by atoms with Gasteiger partial charge in [-0.25, -0.2) is 0 Å². The van der Waals surface area contributed by atoms with Crippen LogP contribution in [0.4, 0.5) is 34.1 Å². The lowest BCUT2D eigenvalue weighted by Gasteiger charge is -2.31. The molecule has 0 fully saturated rings. The highest BCUT2D eigenvalue weighted by Gasteiger charge is 2.23. The molecule has 13 aromatic carbocycles. The van der Waals surface area contributed by atoms with Gasteiger partial charge in [-0.2, -0.15) is 0 Å². The minimum atomic E-state index is 1.03. The summed E-state index contributed by atoms with van der Waals surface area (Å²) >= 11 is 1.85. The summed E-state index contributed by atoms with van der Waals surface area (Å²) in [7, 11) is 0. The zero-order valence-electron chi connectivity index (χ0n) is 42.5. The Kier molecular flexibility index (Phi) is 11.0. The molecule has 366 valence electrons. The van der Waals surface area contributed by atoms with Gasteiger partial charge in [-0.15, -0.1) is 11.3 Å². The summed E-state index contributed by atoms with van der Waals surface area (Å²) in [6.45, 7) is 0. The molecule has 0 atom stereocenters. The summed E-state index contributed by atoms with van der Waals surface area (Å²) in [5.41, 5.74) is 16.7. The van der Waals surface area contributed by atoms with Crippen LogP contribution >= 0.6 is 11.3 Å². The Morgan fingerprint density at radius 1 is 0.244 bits per heavy atom. The van der Waals surface area contributed by atoms with Gasteiger partial charge in [0.2, 0.25) is 0 Å². The molecule has 0 amide bonds. The van der Waals surface area contributed by atoms with Crippen molar-refractivity contribution in [1.82, 2.24) is 4.57 Å². The van der Waals surface area contributed by atoms with Gasteiger partial charge in [0.1, 0.15) is 0 Å². The van der Waals surface area contributed by atoms with Crippen molar-refractivity contribution >= 4 is 109 Å². The van der Waals surface area contributed by atoms with Crippen molar-refractivity contribution in [2.24, 2.45) is 0 Å². The van der Waals surface area contributed by atoms with Gasteiger partial charge in [0.15, 0.2) is 0 Å². The molecule has 2 heterocycles. The monoisotopic (exact) mass is 1010 g/mol. The van der Waals surface area contributed by atoms with Gasteiger partial charge in [0.05, 0.1) is 11.0 Å². The molecule has 0 spiro atoms. The minimum absolute atomic E-state index is 1.03. The first-order valence-corrected chi connectivity index (χ1v) is 27.5. The highest BCUT2D eigenvalue weighted by atomic mass is 32.1. The number of nitrogens with zero attached hydrogens (tertiary/aromatic N) is 3. The molecule has 0 radical (unpaired) electrons. The summed E-state index contributed by atoms with van der Waals surface area (Å²) in [5, 5.41) is 9.82. The number of benzene rings is 13. The summed E-state index contributed by atoms with van der Waals surface area (Å²) in [6.07, 6.45) is 0. The molecular weight excluding hydrogens is 963 g/mol. The van der Waals surface area contributed by atoms with Gasteiger partial charge >= 0.3 is 0 Å². The van der Waals surface area contributed by atoms with E-state index in [9.17, 15) is 0 Å². The number of anilines is 6. The fourth-order valence-electron chi connectivity index (χ4n) is 11.9. The Morgan fingerprint density at radius 3 is 1.40 bits per heavy atom. The summed E-state index contributed by atoms with van der Waals surface area (Å²) in [5.74, 6) is 0. The van der Waals surface area contributed by atoms with E-state index in [0.717, 1.165) is 50.9 Å². The molecule has 2 aromatic heterocycles. The number of rotatable bonds is 10. The summed E-state index contributed by atoms with van der Waals surface area (Å²) in [6, 6.07) is 109. The lowest BCUT2D eigenvalue weighted by Crippen LogP contribution is -2.14. The van der Waals surface area contributed by atoms with E-state index in [1.165, 1.54) is 85.8 Å². The van der Waals surface area contributed by atoms with Crippen LogP contribution in [0.2, 0.25) is 0 Å². The second-order valence-electron chi connectivity index (χ2n) is 20.1. The maximum atomic E-state index is 2.49. The lowest BCUT2D eigenvalue weighted by molar-refractivity contribution is 1.18. The third-order valence-electron chi connectivity index (χ3n) is 15.5. The third-order valence-corrected chi connectivity index (χ3v) is 16.7. The van der Waals surface area contributed by atoms with Crippen molar-refractivity contribution in [3.8, 4) is 39.1 Å². The molecule has 3 nitrogen and oxygen atoms in total. The molecule has 0 N–H and O–H groups in total. The smallest absolute Gasteiger partial charge is 0.0561 e. The maximum Gasteiger partial charge on any atom is 0.0561 e. The summed E-state index contributed by atoms with van der Waals surface area (Å²) in [4.78, 5) is 4.92. The Balaban J connectivity index is 1.02. The van der Waals surface area contributed by atoms with Crippen LogP contribution in [0.5, 0.6) is 0 Å². The van der Waals surface area contributed by atoms with Crippen LogP contribution in [0.3, 0.4) is 0 Å². The lowest BCUT2D eigenvalue weighted by atomic mass is 9.92. The van der Waals surface area contributed by atoms with E-state index in [1.807, 2.05) is 11.3 Å². The van der Waals surface area contributed by atoms with Crippen LogP contribution in [0, 0.1) is 0 Å². The van der Waals surface area contributed by atoms with E-state index >= 15 is 0 Å². The van der Waals surface area contributed by atoms with Crippen molar-refractivity contribution in [2.45, 2.75) is 0 Å². The highest BCUT2D eigenvalue weighted by Crippen LogP contribution is 2.48. The van der Waals surface area contributed by atoms with Crippen LogP contribution in [-0.4, -0.2) is 4.57 Å². The molecule has 0 aliphatic carbocycles. The number of fused-ring (bicyclic) bond motifs is 9. The van der Waals surface area contributed by atoms with Crippen LogP contribution in [0.1, 0.15) is 0 Å². The Bertz CT molecular complexity index is 4630. The van der Waals surface area contributed by atoms with Gasteiger partial charge in [-0.1, -0.05) is 194 Å². The van der Waals surface area contributed by atoms with Crippen molar-refractivity contribution in [3.63, 3.8) is 0 Å². The molecule has 78 heavy (non-hydrogen) atoms. The molecule has 15 aromatic rings. The van der Waals surface area contributed by atoms with E-state index in [2.05, 4.69) is 312 Å². The second kappa shape index (κ2) is 19.0. The predicted octanol–water partition coefficient (Wildman–Crippen LogP) is 21.4. The average Bonchev–Trinajstić information content (AvgIpc) is 4.15. The van der Waals surface area contributed by atoms with Gasteiger partial charge < -0.3 is 14.4 Å². The fraction of sp³-hybridized carbons (Fsp3) is 0. The number of hydrogen-bond acceptors (Lipinski definition) is 3. The topological polar surface area (TPSA) is 11.4 Å². The largest absolute Gasteiger partial charge is 0.310 e. The number of thiophene rings is 1. The van der Waals surface area contributed by atoms with E-state index in [4.69, 9.17) is 0 Å². The molecule has 15 rings (SSSR count). The van der Waals surface area contributed by atoms with Crippen LogP contribution in [-0.2, 0) is 0 Å². The Labute approximate surface area is 457 Å². The number of aromatic nitrogens is 1. The number of hydrogen-bond donors (Lipinski definition) is 0. The molecular formula is C74H49N3S. The van der Waals surface area contributed by atoms with Crippen molar-refractivity contribution < 1.29 is 0 Å². The molecule has 0 saturated carbocycles. The highest BCUT2D eigenvalue weighted by molar-refractivity contribution is 7.25. The first-order valence-electron chi connectivity index (χ1n) is 26.6. The molecule has 0 saturated heterocycles. The van der Waals surface area contributed by atoms with Crippen molar-refractivity contribution in [1.29, 1.82) is 0 Å². The van der Waals surface area contributed by atoms with Gasteiger partial charge in [-0.3, -0.25) is 0 Å².